The Kier molecular flexibility index (Phi) is 4.65. The Balaban J connectivity index is 2.38. The summed E-state index contributed by atoms with van der Waals surface area (Å²) in [6, 6.07) is 0. The van der Waals surface area contributed by atoms with Gasteiger partial charge in [0.1, 0.15) is 10.8 Å². The van der Waals surface area contributed by atoms with Crippen LogP contribution >= 0.6 is 11.6 Å². The number of hydrogen-bond acceptors (Lipinski definition) is 4. The highest BCUT2D eigenvalue weighted by Crippen LogP contribution is 2.02. The zero-order valence-corrected chi connectivity index (χ0v) is 9.20. The van der Waals surface area contributed by atoms with Crippen molar-refractivity contribution >= 4 is 23.4 Å². The number of nitrogens with one attached hydrogen (secondary N) is 1. The van der Waals surface area contributed by atoms with Gasteiger partial charge in [-0.2, -0.15) is 0 Å². The number of aromatic nitrogens is 2. The van der Waals surface area contributed by atoms with Crippen LogP contribution in [0, 0.1) is 0 Å². The lowest BCUT2D eigenvalue weighted by atomic mass is 10.3. The van der Waals surface area contributed by atoms with Crippen molar-refractivity contribution in [2.75, 3.05) is 6.54 Å². The van der Waals surface area contributed by atoms with Crippen LogP contribution in [0.4, 0.5) is 0 Å². The van der Waals surface area contributed by atoms with Gasteiger partial charge < -0.3 is 11.1 Å². The van der Waals surface area contributed by atoms with Crippen molar-refractivity contribution in [2.24, 2.45) is 5.73 Å². The molecule has 0 aliphatic rings. The van der Waals surface area contributed by atoms with E-state index in [4.69, 9.17) is 17.3 Å². The number of primary amides is 1. The predicted octanol–water partition coefficient (Wildman–Crippen LogP) is 0.125. The molecule has 0 atom stereocenters. The van der Waals surface area contributed by atoms with Gasteiger partial charge in [0.05, 0.1) is 12.4 Å². The van der Waals surface area contributed by atoms with Crippen LogP contribution in [-0.2, 0) is 4.79 Å². The van der Waals surface area contributed by atoms with Crippen molar-refractivity contribution < 1.29 is 9.59 Å². The molecule has 0 aliphatic carbocycles. The molecular formula is C9H11ClN4O2. The van der Waals surface area contributed by atoms with E-state index in [-0.39, 0.29) is 23.2 Å². The van der Waals surface area contributed by atoms with E-state index in [1.807, 2.05) is 0 Å². The summed E-state index contributed by atoms with van der Waals surface area (Å²) in [5, 5.41) is 2.73. The number of nitrogens with zero attached hydrogens (tertiary/aromatic N) is 2. The number of carbonyl (C=O) groups is 2. The van der Waals surface area contributed by atoms with Crippen LogP contribution in [0.5, 0.6) is 0 Å². The van der Waals surface area contributed by atoms with E-state index in [0.29, 0.717) is 13.0 Å². The third-order valence-corrected chi connectivity index (χ3v) is 1.91. The first kappa shape index (κ1) is 12.4. The number of halogens is 1. The lowest BCUT2D eigenvalue weighted by molar-refractivity contribution is -0.118. The zero-order chi connectivity index (χ0) is 12.0. The van der Waals surface area contributed by atoms with Gasteiger partial charge in [0.15, 0.2) is 0 Å². The molecule has 0 saturated carbocycles. The highest BCUT2D eigenvalue weighted by molar-refractivity contribution is 6.29. The van der Waals surface area contributed by atoms with Crippen LogP contribution in [0.25, 0.3) is 0 Å². The summed E-state index contributed by atoms with van der Waals surface area (Å²) in [6.45, 7) is 0.357. The second-order valence-electron chi connectivity index (χ2n) is 3.05. The fourth-order valence-corrected chi connectivity index (χ4v) is 1.15. The quantitative estimate of drug-likeness (QED) is 0.717. The number of amides is 2. The molecular weight excluding hydrogens is 232 g/mol. The Bertz CT molecular complexity index is 397. The van der Waals surface area contributed by atoms with E-state index in [2.05, 4.69) is 15.3 Å². The number of rotatable bonds is 5. The maximum atomic E-state index is 11.5. The predicted molar refractivity (Wildman–Crippen MR) is 57.8 cm³/mol. The van der Waals surface area contributed by atoms with Crippen molar-refractivity contribution in [3.63, 3.8) is 0 Å². The van der Waals surface area contributed by atoms with Crippen molar-refractivity contribution in [1.29, 1.82) is 0 Å². The molecule has 0 saturated heterocycles. The Hall–Kier alpha value is -1.69. The summed E-state index contributed by atoms with van der Waals surface area (Å²) in [5.74, 6) is -0.767. The average Bonchev–Trinajstić information content (AvgIpc) is 2.24. The third-order valence-electron chi connectivity index (χ3n) is 1.72. The maximum absolute atomic E-state index is 11.5. The Morgan fingerprint density at radius 2 is 2.19 bits per heavy atom. The minimum Gasteiger partial charge on any atom is -0.370 e. The summed E-state index contributed by atoms with van der Waals surface area (Å²) >= 11 is 5.58. The van der Waals surface area contributed by atoms with Crippen LogP contribution in [0.15, 0.2) is 12.4 Å². The summed E-state index contributed by atoms with van der Waals surface area (Å²) in [7, 11) is 0. The lowest BCUT2D eigenvalue weighted by Gasteiger charge is -2.03. The topological polar surface area (TPSA) is 98.0 Å². The number of hydrogen-bond donors (Lipinski definition) is 2. The molecule has 1 rings (SSSR count). The van der Waals surface area contributed by atoms with E-state index in [9.17, 15) is 9.59 Å². The smallest absolute Gasteiger partial charge is 0.271 e. The molecule has 0 radical (unpaired) electrons. The van der Waals surface area contributed by atoms with Crippen LogP contribution in [-0.4, -0.2) is 28.3 Å². The molecule has 0 fully saturated rings. The fourth-order valence-electron chi connectivity index (χ4n) is 1.01. The van der Waals surface area contributed by atoms with Crippen LogP contribution < -0.4 is 11.1 Å². The SMILES string of the molecule is NC(=O)CCCNC(=O)c1cncc(Cl)n1. The molecule has 1 aromatic heterocycles. The first-order chi connectivity index (χ1) is 7.59. The molecule has 0 aromatic carbocycles. The van der Waals surface area contributed by atoms with E-state index in [0.717, 1.165) is 0 Å². The normalized spacial score (nSPS) is 9.81. The minimum absolute atomic E-state index is 0.145. The molecule has 1 aromatic rings. The molecule has 0 unspecified atom stereocenters. The lowest BCUT2D eigenvalue weighted by Crippen LogP contribution is -2.26. The first-order valence-electron chi connectivity index (χ1n) is 4.63. The van der Waals surface area contributed by atoms with E-state index < -0.39 is 5.91 Å². The fraction of sp³-hybridized carbons (Fsp3) is 0.333. The first-order valence-corrected chi connectivity index (χ1v) is 5.01. The van der Waals surface area contributed by atoms with E-state index in [1.54, 1.807) is 0 Å². The summed E-state index contributed by atoms with van der Waals surface area (Å²) in [4.78, 5) is 29.4. The van der Waals surface area contributed by atoms with Gasteiger partial charge >= 0.3 is 0 Å². The van der Waals surface area contributed by atoms with Crippen molar-refractivity contribution in [1.82, 2.24) is 15.3 Å². The van der Waals surface area contributed by atoms with Gasteiger partial charge in [0.25, 0.3) is 5.91 Å². The average molecular weight is 243 g/mol. The third kappa shape index (κ3) is 4.22. The molecule has 86 valence electrons. The maximum Gasteiger partial charge on any atom is 0.271 e. The van der Waals surface area contributed by atoms with Crippen molar-refractivity contribution in [3.8, 4) is 0 Å². The van der Waals surface area contributed by atoms with Gasteiger partial charge in [0, 0.05) is 13.0 Å². The van der Waals surface area contributed by atoms with Gasteiger partial charge in [-0.05, 0) is 6.42 Å². The van der Waals surface area contributed by atoms with E-state index >= 15 is 0 Å². The van der Waals surface area contributed by atoms with Crippen LogP contribution in [0.3, 0.4) is 0 Å². The molecule has 0 bridgehead atoms. The second-order valence-corrected chi connectivity index (χ2v) is 3.44. The van der Waals surface area contributed by atoms with Crippen molar-refractivity contribution in [3.05, 3.63) is 23.2 Å². The molecule has 3 N–H and O–H groups in total. The van der Waals surface area contributed by atoms with Gasteiger partial charge in [-0.3, -0.25) is 14.6 Å². The largest absolute Gasteiger partial charge is 0.370 e. The highest BCUT2D eigenvalue weighted by atomic mass is 35.5. The summed E-state index contributed by atoms with van der Waals surface area (Å²) < 4.78 is 0. The monoisotopic (exact) mass is 242 g/mol. The standard InChI is InChI=1S/C9H11ClN4O2/c10-7-5-12-4-6(14-7)9(16)13-3-1-2-8(11)15/h4-5H,1-3H2,(H2,11,15)(H,13,16). The molecule has 0 spiro atoms. The van der Waals surface area contributed by atoms with Gasteiger partial charge in [-0.1, -0.05) is 11.6 Å². The van der Waals surface area contributed by atoms with Crippen LogP contribution in [0.1, 0.15) is 23.3 Å². The van der Waals surface area contributed by atoms with Crippen molar-refractivity contribution in [2.45, 2.75) is 12.8 Å². The minimum atomic E-state index is -0.392. The Morgan fingerprint density at radius 3 is 2.81 bits per heavy atom. The molecule has 0 aliphatic heterocycles. The van der Waals surface area contributed by atoms with Gasteiger partial charge in [0.2, 0.25) is 5.91 Å². The highest BCUT2D eigenvalue weighted by Gasteiger charge is 2.07. The molecule has 6 nitrogen and oxygen atoms in total. The molecule has 1 heterocycles. The van der Waals surface area contributed by atoms with E-state index in [1.165, 1.54) is 12.4 Å². The Morgan fingerprint density at radius 1 is 1.44 bits per heavy atom. The summed E-state index contributed by atoms with van der Waals surface area (Å²) in [6.07, 6.45) is 3.39. The molecule has 16 heavy (non-hydrogen) atoms. The summed E-state index contributed by atoms with van der Waals surface area (Å²) in [5.41, 5.74) is 5.09. The van der Waals surface area contributed by atoms with Gasteiger partial charge in [-0.25, -0.2) is 4.98 Å². The van der Waals surface area contributed by atoms with Crippen LogP contribution in [0.2, 0.25) is 5.15 Å². The zero-order valence-electron chi connectivity index (χ0n) is 8.44. The molecule has 7 heteroatoms. The molecule has 2 amide bonds. The Labute approximate surface area is 97.2 Å². The van der Waals surface area contributed by atoms with Gasteiger partial charge in [-0.15, -0.1) is 0 Å². The second kappa shape index (κ2) is 6.02. The number of nitrogens with two attached hydrogens (primary N) is 1. The number of carbonyl (C=O) groups excluding carboxylic acids is 2.